The summed E-state index contributed by atoms with van der Waals surface area (Å²) in [6.45, 7) is 6.74. The maximum Gasteiger partial charge on any atom is 0.511 e. The van der Waals surface area contributed by atoms with Crippen molar-refractivity contribution < 1.29 is 48.3 Å². The number of tetrazole rings is 1. The van der Waals surface area contributed by atoms with Gasteiger partial charge in [-0.25, -0.2) is 29.3 Å². The number of fused-ring (bicyclic) bond motifs is 1. The summed E-state index contributed by atoms with van der Waals surface area (Å²) in [7, 11) is 0. The molecule has 4 heterocycles. The topological polar surface area (TPSA) is 236 Å². The number of carboxylic acid groups (broad SMARTS) is 2. The van der Waals surface area contributed by atoms with Crippen LogP contribution in [0.5, 0.6) is 6.01 Å². The van der Waals surface area contributed by atoms with E-state index in [1.54, 1.807) is 48.7 Å². The zero-order chi connectivity index (χ0) is 52.7. The number of H-pyrrole nitrogens is 1. The molecule has 388 valence electrons. The first-order valence-corrected chi connectivity index (χ1v) is 25.8. The molecule has 0 amide bonds. The molecule has 1 aliphatic rings. The Kier molecular flexibility index (Phi) is 18.0. The molecule has 1 fully saturated rings. The monoisotopic (exact) mass is 1030 g/mol. The molecule has 1 unspecified atom stereocenters. The number of nitrogens with zero attached hydrogens (tertiary/aromatic N) is 7. The maximum atomic E-state index is 13.4. The summed E-state index contributed by atoms with van der Waals surface area (Å²) in [6, 6.07) is 32.1. The van der Waals surface area contributed by atoms with Crippen LogP contribution in [0.15, 0.2) is 120 Å². The van der Waals surface area contributed by atoms with E-state index < -0.39 is 30.4 Å². The molecule has 0 aliphatic heterocycles. The number of ether oxygens (including phenoxy) is 4. The van der Waals surface area contributed by atoms with E-state index in [2.05, 4.69) is 37.5 Å². The fraction of sp³-hybridized carbons (Fsp3) is 0.304. The maximum absolute atomic E-state index is 13.4. The molecule has 0 saturated heterocycles. The van der Waals surface area contributed by atoms with Crippen molar-refractivity contribution in [1.82, 2.24) is 39.7 Å². The number of thiophene rings is 1. The van der Waals surface area contributed by atoms with Crippen LogP contribution < -0.4 is 4.74 Å². The van der Waals surface area contributed by atoms with E-state index in [4.69, 9.17) is 24.1 Å². The van der Waals surface area contributed by atoms with Crippen LogP contribution in [0.25, 0.3) is 39.6 Å². The van der Waals surface area contributed by atoms with Gasteiger partial charge in [-0.3, -0.25) is 4.57 Å². The third-order valence-corrected chi connectivity index (χ3v) is 13.4. The third-order valence-electron chi connectivity index (χ3n) is 12.5. The lowest BCUT2D eigenvalue weighted by Gasteiger charge is -2.22. The van der Waals surface area contributed by atoms with E-state index in [0.29, 0.717) is 54.6 Å². The predicted molar refractivity (Wildman–Crippen MR) is 281 cm³/mol. The summed E-state index contributed by atoms with van der Waals surface area (Å²) in [5.41, 5.74) is 7.43. The van der Waals surface area contributed by atoms with E-state index in [0.717, 1.165) is 95.6 Å². The second-order valence-electron chi connectivity index (χ2n) is 17.8. The summed E-state index contributed by atoms with van der Waals surface area (Å²) < 4.78 is 25.9. The highest BCUT2D eigenvalue weighted by Gasteiger charge is 2.25. The number of aromatic carboxylic acids is 1. The largest absolute Gasteiger partial charge is 0.511 e. The lowest BCUT2D eigenvalue weighted by molar-refractivity contribution is -0.132. The Morgan fingerprint density at radius 2 is 1.57 bits per heavy atom. The fourth-order valence-electron chi connectivity index (χ4n) is 8.79. The molecular weight excluding hydrogens is 977 g/mol. The summed E-state index contributed by atoms with van der Waals surface area (Å²) in [6.07, 6.45) is 9.23. The molecule has 1 aliphatic carbocycles. The highest BCUT2D eigenvalue weighted by atomic mass is 32.1. The number of carbonyl (C=O) groups is 4. The Morgan fingerprint density at radius 1 is 0.840 bits per heavy atom. The smallest absolute Gasteiger partial charge is 0.478 e. The molecule has 8 aromatic rings. The van der Waals surface area contributed by atoms with Crippen molar-refractivity contribution in [2.24, 2.45) is 0 Å². The number of unbranched alkanes of at least 4 members (excludes halogenated alkanes) is 1. The molecule has 1 saturated carbocycles. The lowest BCUT2D eigenvalue weighted by Crippen LogP contribution is -2.26. The van der Waals surface area contributed by atoms with Crippen molar-refractivity contribution in [2.75, 3.05) is 6.61 Å². The average molecular weight is 1040 g/mol. The number of aliphatic carboxylic acids is 1. The number of nitrogens with one attached hydrogen (secondary N) is 1. The molecule has 0 spiro atoms. The zero-order valence-electron chi connectivity index (χ0n) is 41.9. The molecule has 0 radical (unpaired) electrons. The molecule has 1 atom stereocenters. The van der Waals surface area contributed by atoms with Crippen LogP contribution in [-0.4, -0.2) is 93.0 Å². The SMILES string of the molecule is CCCCc1ncc(/C=C(\Cc2cccs2)C(=O)O)n1Cc1ccc(C(=O)O)cc1.CCOc1nc2cccc(C(=O)OC(C)OC(=O)OC3CCCCC3)c2n1Cc1ccc(-c2ccccc2-c2nnn[nH]2)cc1. The van der Waals surface area contributed by atoms with Crippen LogP contribution in [0.4, 0.5) is 4.79 Å². The van der Waals surface area contributed by atoms with Gasteiger partial charge < -0.3 is 33.7 Å². The first-order chi connectivity index (χ1) is 36.5. The van der Waals surface area contributed by atoms with Crippen LogP contribution in [-0.2, 0) is 44.9 Å². The number of rotatable bonds is 20. The second kappa shape index (κ2) is 25.5. The van der Waals surface area contributed by atoms with Crippen molar-refractivity contribution in [3.63, 3.8) is 0 Å². The van der Waals surface area contributed by atoms with Gasteiger partial charge in [-0.05, 0) is 113 Å². The predicted octanol–water partition coefficient (Wildman–Crippen LogP) is 11.1. The Labute approximate surface area is 437 Å². The third kappa shape index (κ3) is 13.8. The van der Waals surface area contributed by atoms with E-state index in [1.807, 2.05) is 88.2 Å². The minimum absolute atomic E-state index is 0.163. The number of hydrogen-bond donors (Lipinski definition) is 3. The van der Waals surface area contributed by atoms with Gasteiger partial charge in [0, 0.05) is 42.3 Å². The summed E-state index contributed by atoms with van der Waals surface area (Å²) in [5, 5.41) is 35.0. The van der Waals surface area contributed by atoms with Crippen LogP contribution in [0.1, 0.15) is 114 Å². The summed E-state index contributed by atoms with van der Waals surface area (Å²) in [5.74, 6) is -1.09. The second-order valence-corrected chi connectivity index (χ2v) is 18.9. The molecule has 9 rings (SSSR count). The number of aryl methyl sites for hydroxylation is 1. The Morgan fingerprint density at radius 3 is 2.24 bits per heavy atom. The normalized spacial score (nSPS) is 13.1. The van der Waals surface area contributed by atoms with Gasteiger partial charge in [0.2, 0.25) is 6.29 Å². The van der Waals surface area contributed by atoms with Crippen LogP contribution in [0, 0.1) is 0 Å². The van der Waals surface area contributed by atoms with Crippen LogP contribution in [0.2, 0.25) is 0 Å². The van der Waals surface area contributed by atoms with Crippen molar-refractivity contribution in [2.45, 2.75) is 104 Å². The first-order valence-electron chi connectivity index (χ1n) is 24.9. The summed E-state index contributed by atoms with van der Waals surface area (Å²) in [4.78, 5) is 58.8. The minimum Gasteiger partial charge on any atom is -0.478 e. The van der Waals surface area contributed by atoms with Gasteiger partial charge >= 0.3 is 24.1 Å². The molecule has 3 N–H and O–H groups in total. The van der Waals surface area contributed by atoms with Gasteiger partial charge in [0.05, 0.1) is 47.2 Å². The number of benzene rings is 4. The van der Waals surface area contributed by atoms with Crippen molar-refractivity contribution in [1.29, 1.82) is 0 Å². The van der Waals surface area contributed by atoms with Crippen molar-refractivity contribution in [3.05, 3.63) is 159 Å². The number of esters is 1. The van der Waals surface area contributed by atoms with Gasteiger partial charge in [0.25, 0.3) is 6.01 Å². The Hall–Kier alpha value is -8.45. The standard InChI is InChI=1S/C33H34N6O6.C23H24N2O4S/c1-3-42-32-34-28-15-9-14-27(31(40)43-21(2)44-33(41)45-24-10-5-4-6-11-24)29(28)39(32)20-22-16-18-23(19-17-22)25-12-7-8-13-26(25)30-35-37-38-36-30;1-2-3-6-21-24-14-19(12-18(23(28)29)13-20-5-4-11-30-20)25(21)15-16-7-9-17(10-8-16)22(26)27/h7-9,12-19,21,24H,3-6,10-11,20H2,1-2H3,(H,35,36,37,38);4-5,7-12,14H,2-3,6,13,15H2,1H3,(H,26,27)(H,28,29)/b;18-12+. The number of aromatic amines is 1. The van der Waals surface area contributed by atoms with Gasteiger partial charge in [-0.1, -0.05) is 92.6 Å². The number of hydrogen-bond acceptors (Lipinski definition) is 14. The van der Waals surface area contributed by atoms with Gasteiger partial charge in [-0.15, -0.1) is 16.4 Å². The highest BCUT2D eigenvalue weighted by molar-refractivity contribution is 7.09. The minimum atomic E-state index is -1.14. The molecular formula is C56H58N8O10S. The van der Waals surface area contributed by atoms with E-state index in [-0.39, 0.29) is 17.2 Å². The molecule has 19 heteroatoms. The first kappa shape index (κ1) is 52.9. The van der Waals surface area contributed by atoms with Crippen LogP contribution in [0.3, 0.4) is 0 Å². The average Bonchev–Trinajstić information content (AvgIpc) is 4.26. The fourth-order valence-corrected chi connectivity index (χ4v) is 9.51. The van der Waals surface area contributed by atoms with Crippen molar-refractivity contribution >= 4 is 52.5 Å². The van der Waals surface area contributed by atoms with Crippen LogP contribution >= 0.6 is 11.3 Å². The quantitative estimate of drug-likeness (QED) is 0.0366. The Bertz CT molecular complexity index is 3220. The molecule has 18 nitrogen and oxygen atoms in total. The lowest BCUT2D eigenvalue weighted by atomic mass is 9.98. The molecule has 4 aromatic carbocycles. The number of imidazole rings is 2. The van der Waals surface area contributed by atoms with Gasteiger partial charge in [-0.2, -0.15) is 4.98 Å². The zero-order valence-corrected chi connectivity index (χ0v) is 42.7. The van der Waals surface area contributed by atoms with Gasteiger partial charge in [0.1, 0.15) is 11.9 Å². The van der Waals surface area contributed by atoms with E-state index in [9.17, 15) is 24.3 Å². The number of aromatic nitrogens is 8. The van der Waals surface area contributed by atoms with E-state index >= 15 is 0 Å². The Balaban J connectivity index is 0.000000217. The number of para-hydroxylation sites is 1. The molecule has 75 heavy (non-hydrogen) atoms. The number of carbonyl (C=O) groups excluding carboxylic acids is 2. The highest BCUT2D eigenvalue weighted by Crippen LogP contribution is 2.32. The van der Waals surface area contributed by atoms with E-state index in [1.165, 1.54) is 18.3 Å². The van der Waals surface area contributed by atoms with Gasteiger partial charge in [0.15, 0.2) is 5.82 Å². The molecule has 4 aromatic heterocycles. The molecule has 0 bridgehead atoms. The van der Waals surface area contributed by atoms with Crippen molar-refractivity contribution in [3.8, 4) is 28.5 Å². The summed E-state index contributed by atoms with van der Waals surface area (Å²) >= 11 is 1.53. The number of carboxylic acids is 2.